The van der Waals surface area contributed by atoms with Gasteiger partial charge in [0.15, 0.2) is 6.67 Å². The second-order valence-electron chi connectivity index (χ2n) is 6.15. The topological polar surface area (TPSA) is 36.4 Å². The van der Waals surface area contributed by atoms with Crippen molar-refractivity contribution in [2.24, 2.45) is 0 Å². The fourth-order valence-corrected chi connectivity index (χ4v) is 3.69. The van der Waals surface area contributed by atoms with Crippen LogP contribution in [0.3, 0.4) is 0 Å². The van der Waals surface area contributed by atoms with Crippen LogP contribution in [0.2, 0.25) is 0 Å². The van der Waals surface area contributed by atoms with Crippen molar-refractivity contribution < 1.29 is 9.64 Å². The number of ether oxygens (including phenoxy) is 1. The molecule has 23 heavy (non-hydrogen) atoms. The van der Waals surface area contributed by atoms with E-state index in [1.54, 1.807) is 18.3 Å². The number of rotatable bonds is 5. The van der Waals surface area contributed by atoms with Gasteiger partial charge in [-0.3, -0.25) is 4.57 Å². The first kappa shape index (κ1) is 16.2. The summed E-state index contributed by atoms with van der Waals surface area (Å²) in [6, 6.07) is 8.63. The number of hydrogen-bond acceptors (Lipinski definition) is 3. The average molecular weight is 333 g/mol. The maximum atomic E-state index is 5.64. The summed E-state index contributed by atoms with van der Waals surface area (Å²) in [7, 11) is 1.67. The van der Waals surface area contributed by atoms with Crippen LogP contribution in [0.15, 0.2) is 30.6 Å². The Balaban J connectivity index is 1.83. The Kier molecular flexibility index (Phi) is 5.13. The van der Waals surface area contributed by atoms with Crippen molar-refractivity contribution in [1.82, 2.24) is 14.3 Å². The van der Waals surface area contributed by atoms with Crippen LogP contribution in [0.25, 0.3) is 5.69 Å². The Morgan fingerprint density at radius 1 is 1.39 bits per heavy atom. The van der Waals surface area contributed by atoms with E-state index in [4.69, 9.17) is 17.0 Å². The first-order valence-corrected chi connectivity index (χ1v) is 8.77. The highest BCUT2D eigenvalue weighted by atomic mass is 32.1. The van der Waals surface area contributed by atoms with E-state index in [0.717, 1.165) is 28.9 Å². The molecule has 1 aromatic carbocycles. The molecule has 0 saturated carbocycles. The molecular formula is C17H25N4OS+. The number of aromatic nitrogens is 3. The molecule has 2 atom stereocenters. The van der Waals surface area contributed by atoms with Crippen molar-refractivity contribution in [3.05, 3.63) is 35.4 Å². The zero-order chi connectivity index (χ0) is 16.2. The molecule has 2 heterocycles. The first-order valence-electron chi connectivity index (χ1n) is 8.36. The highest BCUT2D eigenvalue weighted by Crippen LogP contribution is 2.16. The quantitative estimate of drug-likeness (QED) is 0.853. The van der Waals surface area contributed by atoms with Gasteiger partial charge in [0.05, 0.1) is 25.4 Å². The summed E-state index contributed by atoms with van der Waals surface area (Å²) in [4.78, 5) is 1.60. The monoisotopic (exact) mass is 333 g/mol. The third kappa shape index (κ3) is 3.48. The molecule has 1 N–H and O–H groups in total. The number of benzene rings is 1. The summed E-state index contributed by atoms with van der Waals surface area (Å²) in [5.41, 5.74) is 0.987. The third-order valence-electron chi connectivity index (χ3n) is 4.79. The van der Waals surface area contributed by atoms with Gasteiger partial charge < -0.3 is 9.64 Å². The van der Waals surface area contributed by atoms with Crippen molar-refractivity contribution in [1.29, 1.82) is 0 Å². The second-order valence-corrected chi connectivity index (χ2v) is 6.52. The zero-order valence-electron chi connectivity index (χ0n) is 13.9. The van der Waals surface area contributed by atoms with Crippen LogP contribution >= 0.6 is 12.2 Å². The van der Waals surface area contributed by atoms with E-state index in [9.17, 15) is 0 Å². The minimum absolute atomic E-state index is 0.729. The molecule has 1 aromatic heterocycles. The van der Waals surface area contributed by atoms with Crippen LogP contribution < -0.4 is 9.64 Å². The van der Waals surface area contributed by atoms with E-state index in [1.807, 2.05) is 33.5 Å². The Labute approximate surface area is 142 Å². The molecular weight excluding hydrogens is 308 g/mol. The summed E-state index contributed by atoms with van der Waals surface area (Å²) >= 11 is 5.64. The largest absolute Gasteiger partial charge is 0.497 e. The molecule has 0 radical (unpaired) electrons. The molecule has 124 valence electrons. The highest BCUT2D eigenvalue weighted by Gasteiger charge is 2.25. The van der Waals surface area contributed by atoms with E-state index in [0.29, 0.717) is 0 Å². The Morgan fingerprint density at radius 3 is 3.04 bits per heavy atom. The minimum Gasteiger partial charge on any atom is -0.497 e. The lowest BCUT2D eigenvalue weighted by molar-refractivity contribution is -0.953. The van der Waals surface area contributed by atoms with E-state index in [2.05, 4.69) is 12.0 Å². The number of likely N-dealkylation sites (tertiary alicyclic amines) is 1. The van der Waals surface area contributed by atoms with Gasteiger partial charge in [-0.25, -0.2) is 0 Å². The molecule has 1 saturated heterocycles. The van der Waals surface area contributed by atoms with Gasteiger partial charge >= 0.3 is 0 Å². The summed E-state index contributed by atoms with van der Waals surface area (Å²) in [5.74, 6) is 0.824. The lowest BCUT2D eigenvalue weighted by atomic mass is 10.0. The van der Waals surface area contributed by atoms with E-state index in [1.165, 1.54) is 32.2 Å². The lowest BCUT2D eigenvalue weighted by Gasteiger charge is -2.31. The molecule has 0 aliphatic carbocycles. The molecule has 0 bridgehead atoms. The third-order valence-corrected chi connectivity index (χ3v) is 5.20. The Morgan fingerprint density at radius 2 is 2.26 bits per heavy atom. The smallest absolute Gasteiger partial charge is 0.207 e. The Bertz CT molecular complexity index is 709. The Hall–Kier alpha value is -1.66. The SMILES string of the molecule is CC[C@H]1CCCC[NH+]1Cn1ncn(-c2cccc(OC)c2)c1=S. The standard InChI is InChI=1S/C17H24N4OS/c1-3-14-7-4-5-10-19(14)13-21-17(23)20(12-18-21)15-8-6-9-16(11-15)22-2/h6,8-9,11-12,14H,3-5,7,10,13H2,1-2H3/p+1/t14-/m0/s1. The average Bonchev–Trinajstić information content (AvgIpc) is 2.96. The second kappa shape index (κ2) is 7.27. The molecule has 1 fully saturated rings. The number of nitrogens with zero attached hydrogens (tertiary/aromatic N) is 3. The molecule has 1 unspecified atom stereocenters. The van der Waals surface area contributed by atoms with E-state index in [-0.39, 0.29) is 0 Å². The van der Waals surface area contributed by atoms with Gasteiger partial charge in [-0.1, -0.05) is 13.0 Å². The number of hydrogen-bond donors (Lipinski definition) is 1. The number of methoxy groups -OCH3 is 1. The summed E-state index contributed by atoms with van der Waals surface area (Å²) in [6.07, 6.45) is 7.00. The molecule has 0 amide bonds. The van der Waals surface area contributed by atoms with Crippen LogP contribution in [-0.4, -0.2) is 34.0 Å². The fourth-order valence-electron chi connectivity index (χ4n) is 3.43. The van der Waals surface area contributed by atoms with Gasteiger partial charge in [-0.05, 0) is 50.0 Å². The van der Waals surface area contributed by atoms with Crippen molar-refractivity contribution in [2.75, 3.05) is 13.7 Å². The van der Waals surface area contributed by atoms with Crippen LogP contribution in [0, 0.1) is 4.77 Å². The van der Waals surface area contributed by atoms with Gasteiger partial charge in [-0.15, -0.1) is 0 Å². The van der Waals surface area contributed by atoms with Gasteiger partial charge in [0.1, 0.15) is 12.1 Å². The summed E-state index contributed by atoms with van der Waals surface area (Å²) in [6.45, 7) is 4.35. The number of piperidine rings is 1. The molecule has 2 aromatic rings. The molecule has 6 heteroatoms. The maximum Gasteiger partial charge on any atom is 0.207 e. The molecule has 5 nitrogen and oxygen atoms in total. The predicted octanol–water partition coefficient (Wildman–Crippen LogP) is 2.22. The lowest BCUT2D eigenvalue weighted by Crippen LogP contribution is -3.15. The van der Waals surface area contributed by atoms with Crippen LogP contribution in [-0.2, 0) is 6.67 Å². The molecule has 0 spiro atoms. The van der Waals surface area contributed by atoms with Gasteiger partial charge in [-0.2, -0.15) is 9.78 Å². The number of nitrogens with one attached hydrogen (secondary N) is 1. The van der Waals surface area contributed by atoms with Crippen molar-refractivity contribution in [3.8, 4) is 11.4 Å². The molecule has 1 aliphatic heterocycles. The van der Waals surface area contributed by atoms with Crippen molar-refractivity contribution >= 4 is 12.2 Å². The predicted molar refractivity (Wildman–Crippen MR) is 92.7 cm³/mol. The van der Waals surface area contributed by atoms with Crippen LogP contribution in [0.5, 0.6) is 5.75 Å². The van der Waals surface area contributed by atoms with Gasteiger partial charge in [0.2, 0.25) is 4.77 Å². The van der Waals surface area contributed by atoms with Gasteiger partial charge in [0.25, 0.3) is 0 Å². The normalized spacial score (nSPS) is 21.3. The van der Waals surface area contributed by atoms with Crippen molar-refractivity contribution in [2.45, 2.75) is 45.3 Å². The minimum atomic E-state index is 0.729. The van der Waals surface area contributed by atoms with Crippen molar-refractivity contribution in [3.63, 3.8) is 0 Å². The summed E-state index contributed by atoms with van der Waals surface area (Å²) < 4.78 is 9.94. The molecule has 3 rings (SSSR count). The van der Waals surface area contributed by atoms with Gasteiger partial charge in [0, 0.05) is 6.07 Å². The highest BCUT2D eigenvalue weighted by molar-refractivity contribution is 7.71. The zero-order valence-corrected chi connectivity index (χ0v) is 14.7. The molecule has 1 aliphatic rings. The maximum absolute atomic E-state index is 5.64. The number of quaternary nitrogens is 1. The van der Waals surface area contributed by atoms with E-state index < -0.39 is 0 Å². The van der Waals surface area contributed by atoms with Crippen LogP contribution in [0.1, 0.15) is 32.6 Å². The van der Waals surface area contributed by atoms with Crippen LogP contribution in [0.4, 0.5) is 0 Å². The summed E-state index contributed by atoms with van der Waals surface area (Å²) in [5, 5.41) is 4.52. The first-order chi connectivity index (χ1) is 11.2. The van der Waals surface area contributed by atoms with E-state index >= 15 is 0 Å². The fraction of sp³-hybridized carbons (Fsp3) is 0.529.